The van der Waals surface area contributed by atoms with Crippen LogP contribution in [0.3, 0.4) is 0 Å². The molecule has 0 heterocycles. The summed E-state index contributed by atoms with van der Waals surface area (Å²) in [4.78, 5) is 51.6. The fraction of sp³-hybridized carbons (Fsp3) is 0.423. The van der Waals surface area contributed by atoms with Crippen molar-refractivity contribution in [2.45, 2.75) is 6.92 Å². The number of carboxylic acid groups (broad SMARTS) is 5. The highest BCUT2D eigenvalue weighted by molar-refractivity contribution is 5.93. The first-order valence-corrected chi connectivity index (χ1v) is 12.0. The van der Waals surface area contributed by atoms with E-state index in [1.165, 1.54) is 6.92 Å². The monoisotopic (exact) mass is 656 g/mol. The molecule has 0 saturated carbocycles. The lowest BCUT2D eigenvalue weighted by Crippen LogP contribution is -2.37. The number of rotatable bonds is 17. The topological polar surface area (TPSA) is 358 Å². The second-order valence-electron chi connectivity index (χ2n) is 8.54. The summed E-state index contributed by atoms with van der Waals surface area (Å²) in [6.45, 7) is 1.35. The van der Waals surface area contributed by atoms with Crippen molar-refractivity contribution in [3.63, 3.8) is 0 Å². The van der Waals surface area contributed by atoms with E-state index in [1.54, 1.807) is 0 Å². The Bertz CT molecular complexity index is 979. The summed E-state index contributed by atoms with van der Waals surface area (Å²) >= 11 is 0. The van der Waals surface area contributed by atoms with Crippen LogP contribution in [0.2, 0.25) is 0 Å². The van der Waals surface area contributed by atoms with Crippen LogP contribution >= 0.6 is 0 Å². The maximum absolute atomic E-state index is 11.0. The molecule has 0 unspecified atom stereocenters. The fourth-order valence-corrected chi connectivity index (χ4v) is 1.52. The predicted octanol–water partition coefficient (Wildman–Crippen LogP) is -3.25. The molecule has 0 amide bonds. The molecule has 0 aliphatic heterocycles. The first-order chi connectivity index (χ1) is 20.9. The summed E-state index contributed by atoms with van der Waals surface area (Å²) in [5.41, 5.74) is -2.72. The first kappa shape index (κ1) is 47.5. The van der Waals surface area contributed by atoms with Crippen LogP contribution in [-0.4, -0.2) is 149 Å². The Labute approximate surface area is 256 Å². The van der Waals surface area contributed by atoms with Gasteiger partial charge in [0.2, 0.25) is 0 Å². The van der Waals surface area contributed by atoms with Gasteiger partial charge in [0.05, 0.1) is 76.0 Å². The zero-order chi connectivity index (χ0) is 36.2. The van der Waals surface area contributed by atoms with Crippen molar-refractivity contribution in [1.82, 2.24) is 0 Å². The van der Waals surface area contributed by atoms with Crippen molar-refractivity contribution >= 4 is 29.8 Å². The van der Waals surface area contributed by atoms with E-state index in [1.807, 2.05) is 0 Å². The van der Waals surface area contributed by atoms with Crippen LogP contribution in [0, 0.1) is 10.8 Å². The summed E-state index contributed by atoms with van der Waals surface area (Å²) in [6, 6.07) is 0. The van der Waals surface area contributed by atoms with E-state index in [4.69, 9.17) is 71.1 Å². The lowest BCUT2D eigenvalue weighted by molar-refractivity contribution is -0.133. The van der Waals surface area contributed by atoms with Crippen molar-refractivity contribution in [2.75, 3.05) is 52.9 Å². The van der Waals surface area contributed by atoms with Gasteiger partial charge in [0.25, 0.3) is 0 Å². The molecule has 0 saturated heterocycles. The van der Waals surface area contributed by atoms with Gasteiger partial charge in [-0.15, -0.1) is 0 Å². The number of carbonyl (C=O) groups is 5. The highest BCUT2D eigenvalue weighted by Crippen LogP contribution is 2.13. The molecule has 0 rings (SSSR count). The number of allylic oxidation sites excluding steroid dienone is 1. The molecule has 0 aromatic heterocycles. The third-order valence-corrected chi connectivity index (χ3v) is 4.72. The predicted molar refractivity (Wildman–Crippen MR) is 150 cm³/mol. The quantitative estimate of drug-likeness (QED) is 0.0415. The van der Waals surface area contributed by atoms with Crippen molar-refractivity contribution in [3.05, 3.63) is 60.1 Å². The number of aliphatic hydroxyl groups excluding tert-OH is 8. The average molecular weight is 657 g/mol. The van der Waals surface area contributed by atoms with Gasteiger partial charge in [0, 0.05) is 17.7 Å². The third kappa shape index (κ3) is 24.6. The normalized spacial score (nSPS) is 11.7. The van der Waals surface area contributed by atoms with E-state index in [0.717, 1.165) is 6.08 Å². The summed E-state index contributed by atoms with van der Waals surface area (Å²) in [6.07, 6.45) is 3.60. The average Bonchev–Trinajstić information content (AvgIpc) is 2.99. The summed E-state index contributed by atoms with van der Waals surface area (Å²) < 4.78 is 4.70. The molecule has 0 aromatic carbocycles. The molecule has 0 atom stereocenters. The van der Waals surface area contributed by atoms with Crippen LogP contribution in [0.4, 0.5) is 0 Å². The maximum atomic E-state index is 11.0. The number of hydrogen-bond donors (Lipinski definition) is 13. The van der Waals surface area contributed by atoms with Gasteiger partial charge in [0.1, 0.15) is 11.3 Å². The number of aliphatic hydroxyl groups is 8. The lowest BCUT2D eigenvalue weighted by atomic mass is 9.93. The van der Waals surface area contributed by atoms with E-state index < -0.39 is 105 Å². The Kier molecular flexibility index (Phi) is 28.6. The third-order valence-electron chi connectivity index (χ3n) is 4.72. The minimum Gasteiger partial charge on any atom is -0.478 e. The Morgan fingerprint density at radius 2 is 0.822 bits per heavy atom. The molecule has 0 radical (unpaired) electrons. The van der Waals surface area contributed by atoms with Crippen molar-refractivity contribution < 1.29 is 95.1 Å². The van der Waals surface area contributed by atoms with Gasteiger partial charge in [-0.25, -0.2) is 24.0 Å². The molecule has 0 aliphatic carbocycles. The first-order valence-electron chi connectivity index (χ1n) is 12.0. The molecule has 0 spiro atoms. The molecule has 19 nitrogen and oxygen atoms in total. The molecule has 13 N–H and O–H groups in total. The van der Waals surface area contributed by atoms with Gasteiger partial charge in [0.15, 0.2) is 0 Å². The lowest BCUT2D eigenvalue weighted by Gasteiger charge is -2.23. The molecule has 45 heavy (non-hydrogen) atoms. The van der Waals surface area contributed by atoms with Crippen LogP contribution in [-0.2, 0) is 28.7 Å². The number of aliphatic carboxylic acids is 5. The van der Waals surface area contributed by atoms with Crippen LogP contribution < -0.4 is 0 Å². The van der Waals surface area contributed by atoms with Gasteiger partial charge in [-0.05, 0) is 19.1 Å². The van der Waals surface area contributed by atoms with Gasteiger partial charge in [-0.2, -0.15) is 0 Å². The van der Waals surface area contributed by atoms with Crippen molar-refractivity contribution in [2.24, 2.45) is 10.8 Å². The van der Waals surface area contributed by atoms with E-state index in [-0.39, 0.29) is 5.57 Å². The fourth-order valence-electron chi connectivity index (χ4n) is 1.52. The zero-order valence-electron chi connectivity index (χ0n) is 24.1. The van der Waals surface area contributed by atoms with E-state index in [9.17, 15) is 24.0 Å². The molecule has 0 aromatic rings. The molecule has 258 valence electrons. The van der Waals surface area contributed by atoms with Crippen molar-refractivity contribution in [1.29, 1.82) is 0 Å². The van der Waals surface area contributed by atoms with Crippen LogP contribution in [0.1, 0.15) is 6.92 Å². The SMILES string of the molecule is C=C(C)C(=O)O.O=C(O)C=COC(C=CC(=O)O)=C(C=CC(=O)O)C(=O)O.OCC(CO)(CO)CO.OCC(CO)(CO)CO. The molecular formula is C26H40O19. The Morgan fingerprint density at radius 3 is 1.02 bits per heavy atom. The van der Waals surface area contributed by atoms with Crippen LogP contribution in [0.5, 0.6) is 0 Å². The van der Waals surface area contributed by atoms with Gasteiger partial charge in [-0.1, -0.05) is 6.58 Å². The van der Waals surface area contributed by atoms with Gasteiger partial charge in [-0.3, -0.25) is 0 Å². The smallest absolute Gasteiger partial charge is 0.339 e. The molecule has 19 heteroatoms. The van der Waals surface area contributed by atoms with E-state index >= 15 is 0 Å². The van der Waals surface area contributed by atoms with Crippen molar-refractivity contribution in [3.8, 4) is 0 Å². The molecule has 0 bridgehead atoms. The Balaban J connectivity index is -0.000000288. The number of ether oxygens (including phenoxy) is 1. The highest BCUT2D eigenvalue weighted by Gasteiger charge is 2.27. The van der Waals surface area contributed by atoms with Gasteiger partial charge >= 0.3 is 29.8 Å². The van der Waals surface area contributed by atoms with E-state index in [2.05, 4.69) is 6.58 Å². The Morgan fingerprint density at radius 1 is 0.533 bits per heavy atom. The second kappa shape index (κ2) is 27.1. The number of carboxylic acids is 5. The molecular weight excluding hydrogens is 616 g/mol. The minimum atomic E-state index is -1.60. The minimum absolute atomic E-state index is 0.176. The number of hydrogen-bond acceptors (Lipinski definition) is 14. The van der Waals surface area contributed by atoms with Crippen LogP contribution in [0.15, 0.2) is 60.1 Å². The highest BCUT2D eigenvalue weighted by atomic mass is 16.5. The summed E-state index contributed by atoms with van der Waals surface area (Å²) in [5.74, 6) is -7.31. The zero-order valence-corrected chi connectivity index (χ0v) is 24.1. The van der Waals surface area contributed by atoms with E-state index in [0.29, 0.717) is 30.6 Å². The molecule has 0 aliphatic rings. The second-order valence-corrected chi connectivity index (χ2v) is 8.54. The summed E-state index contributed by atoms with van der Waals surface area (Å²) in [7, 11) is 0. The maximum Gasteiger partial charge on any atom is 0.339 e. The standard InChI is InChI=1S/C12H10O9.2C5H12O4.C4H6O2/c13-9(14)3-1-7(12(19)20)8(2-4-10(15)16)21-6-5-11(17)18;2*6-1-5(2-7,3-8)4-9;1-3(2)4(5)6/h1-6H,(H,13,14)(H,15,16)(H,17,18)(H,19,20);2*6-9H,1-4H2;1H2,2H3,(H,5,6). The largest absolute Gasteiger partial charge is 0.478 e. The summed E-state index contributed by atoms with van der Waals surface area (Å²) in [5, 5.41) is 110. The van der Waals surface area contributed by atoms with Crippen LogP contribution in [0.25, 0.3) is 0 Å². The van der Waals surface area contributed by atoms with Gasteiger partial charge < -0.3 is 71.1 Å². The Hall–Kier alpha value is -4.47. The molecule has 0 fully saturated rings.